The largest absolute Gasteiger partial charge is 0.364 e. The van der Waals surface area contributed by atoms with Crippen LogP contribution in [0.25, 0.3) is 0 Å². The van der Waals surface area contributed by atoms with E-state index in [1.54, 1.807) is 0 Å². The van der Waals surface area contributed by atoms with E-state index in [0.717, 1.165) is 43.7 Å². The molecule has 1 saturated heterocycles. The molecule has 3 N–H and O–H groups in total. The van der Waals surface area contributed by atoms with Crippen LogP contribution in [0.1, 0.15) is 51.6 Å². The van der Waals surface area contributed by atoms with Crippen molar-refractivity contribution in [2.45, 2.75) is 76.7 Å². The third-order valence-electron chi connectivity index (χ3n) is 4.77. The number of nitrogens with two attached hydrogens (primary N) is 1. The Balaban J connectivity index is 0.00000156. The van der Waals surface area contributed by atoms with E-state index in [4.69, 9.17) is 15.5 Å². The number of aromatic nitrogens is 2. The van der Waals surface area contributed by atoms with Crippen molar-refractivity contribution < 1.29 is 9.53 Å². The van der Waals surface area contributed by atoms with Crippen molar-refractivity contribution in [1.82, 2.24) is 14.9 Å². The highest BCUT2D eigenvalue weighted by Gasteiger charge is 2.32. The molecule has 1 unspecified atom stereocenters. The first-order valence-electron chi connectivity index (χ1n) is 8.59. The molecule has 6 nitrogen and oxygen atoms in total. The second kappa shape index (κ2) is 8.71. The van der Waals surface area contributed by atoms with Gasteiger partial charge in [-0.25, -0.2) is 4.98 Å². The Bertz CT molecular complexity index is 586. The van der Waals surface area contributed by atoms with Gasteiger partial charge in [-0.1, -0.05) is 20.8 Å². The first-order chi connectivity index (χ1) is 10.9. The van der Waals surface area contributed by atoms with Crippen molar-refractivity contribution in [1.29, 1.82) is 0 Å². The normalized spacial score (nSPS) is 25.5. The molecule has 25 heavy (non-hydrogen) atoms. The zero-order valence-electron chi connectivity index (χ0n) is 15.2. The van der Waals surface area contributed by atoms with Gasteiger partial charge in [0.05, 0.1) is 11.8 Å². The second-order valence-electron chi connectivity index (χ2n) is 7.75. The molecule has 0 bridgehead atoms. The van der Waals surface area contributed by atoms with Gasteiger partial charge < -0.3 is 20.4 Å². The number of carbonyl (C=O) groups excluding carboxylic acids is 1. The molecule has 1 aromatic heterocycles. The standard InChI is InChI=1S/C17H28N4O2.2ClH/c1-17(2,3)14-10-21-9-11(4-7-15(21)20-14)19-16(22)13-6-5-12(8-18)23-13;;/h10-13H,4-9,18H2,1-3H3,(H,19,22);2*1H/t11?,12-,13+;;/m1../s1. The number of amides is 1. The van der Waals surface area contributed by atoms with Crippen molar-refractivity contribution in [3.05, 3.63) is 17.7 Å². The summed E-state index contributed by atoms with van der Waals surface area (Å²) in [5, 5.41) is 3.14. The molecule has 0 aliphatic carbocycles. The minimum atomic E-state index is -0.335. The van der Waals surface area contributed by atoms with E-state index in [0.29, 0.717) is 6.54 Å². The summed E-state index contributed by atoms with van der Waals surface area (Å²) in [5.74, 6) is 1.13. The number of hydrogen-bond donors (Lipinski definition) is 2. The Morgan fingerprint density at radius 1 is 1.36 bits per heavy atom. The Morgan fingerprint density at radius 2 is 2.08 bits per heavy atom. The number of nitrogens with zero attached hydrogens (tertiary/aromatic N) is 2. The molecule has 144 valence electrons. The molecule has 0 aromatic carbocycles. The summed E-state index contributed by atoms with van der Waals surface area (Å²) >= 11 is 0. The molecule has 3 heterocycles. The van der Waals surface area contributed by atoms with E-state index in [9.17, 15) is 4.79 Å². The fourth-order valence-electron chi connectivity index (χ4n) is 3.29. The maximum atomic E-state index is 12.3. The predicted octanol–water partition coefficient (Wildman–Crippen LogP) is 1.96. The Morgan fingerprint density at radius 3 is 2.68 bits per heavy atom. The molecule has 1 fully saturated rings. The molecule has 2 aliphatic rings. The zero-order chi connectivity index (χ0) is 16.6. The van der Waals surface area contributed by atoms with Gasteiger partial charge in [0.25, 0.3) is 0 Å². The van der Waals surface area contributed by atoms with Crippen molar-refractivity contribution in [3.8, 4) is 0 Å². The molecule has 0 saturated carbocycles. The number of fused-ring (bicyclic) bond motifs is 1. The van der Waals surface area contributed by atoms with Crippen molar-refractivity contribution in [3.63, 3.8) is 0 Å². The van der Waals surface area contributed by atoms with Crippen LogP contribution in [0.3, 0.4) is 0 Å². The lowest BCUT2D eigenvalue weighted by Crippen LogP contribution is -2.45. The number of imidazole rings is 1. The lowest BCUT2D eigenvalue weighted by molar-refractivity contribution is -0.132. The van der Waals surface area contributed by atoms with Gasteiger partial charge >= 0.3 is 0 Å². The highest BCUT2D eigenvalue weighted by Crippen LogP contribution is 2.25. The summed E-state index contributed by atoms with van der Waals surface area (Å²) in [6, 6.07) is 0.151. The smallest absolute Gasteiger partial charge is 0.249 e. The molecule has 8 heteroatoms. The van der Waals surface area contributed by atoms with E-state index < -0.39 is 0 Å². The third kappa shape index (κ3) is 5.09. The fourth-order valence-corrected chi connectivity index (χ4v) is 3.29. The van der Waals surface area contributed by atoms with E-state index in [-0.39, 0.29) is 54.4 Å². The summed E-state index contributed by atoms with van der Waals surface area (Å²) in [4.78, 5) is 17.1. The highest BCUT2D eigenvalue weighted by molar-refractivity contribution is 5.85. The molecule has 2 aliphatic heterocycles. The Labute approximate surface area is 162 Å². The maximum Gasteiger partial charge on any atom is 0.249 e. The van der Waals surface area contributed by atoms with Crippen molar-refractivity contribution >= 4 is 30.7 Å². The van der Waals surface area contributed by atoms with Gasteiger partial charge in [-0.3, -0.25) is 4.79 Å². The summed E-state index contributed by atoms with van der Waals surface area (Å²) in [6.07, 6.45) is 5.30. The van der Waals surface area contributed by atoms with Gasteiger partial charge in [-0.2, -0.15) is 0 Å². The third-order valence-corrected chi connectivity index (χ3v) is 4.77. The number of nitrogens with one attached hydrogen (secondary N) is 1. The van der Waals surface area contributed by atoms with Crippen LogP contribution >= 0.6 is 24.8 Å². The molecule has 0 spiro atoms. The molecule has 1 amide bonds. The summed E-state index contributed by atoms with van der Waals surface area (Å²) < 4.78 is 7.86. The van der Waals surface area contributed by atoms with Crippen LogP contribution in [0.15, 0.2) is 6.20 Å². The summed E-state index contributed by atoms with van der Waals surface area (Å²) in [7, 11) is 0. The molecule has 3 atom stereocenters. The number of halogens is 2. The topological polar surface area (TPSA) is 82.2 Å². The highest BCUT2D eigenvalue weighted by atomic mass is 35.5. The molecule has 1 aromatic rings. The van der Waals surface area contributed by atoms with Gasteiger partial charge in [0.2, 0.25) is 5.91 Å². The van der Waals surface area contributed by atoms with Crippen LogP contribution in [0.4, 0.5) is 0 Å². The van der Waals surface area contributed by atoms with Crippen LogP contribution in [-0.4, -0.2) is 40.3 Å². The molecule has 0 radical (unpaired) electrons. The first-order valence-corrected chi connectivity index (χ1v) is 8.59. The van der Waals surface area contributed by atoms with Crippen molar-refractivity contribution in [2.24, 2.45) is 5.73 Å². The van der Waals surface area contributed by atoms with Crippen LogP contribution in [0.5, 0.6) is 0 Å². The molecular formula is C17H30Cl2N4O2. The van der Waals surface area contributed by atoms with Crippen LogP contribution in [-0.2, 0) is 27.9 Å². The zero-order valence-corrected chi connectivity index (χ0v) is 16.8. The SMILES string of the molecule is CC(C)(C)c1cn2c(n1)CCC(NC(=O)[C@@H]1CC[C@H](CN)O1)C2.Cl.Cl. The number of rotatable bonds is 3. The van der Waals surface area contributed by atoms with Gasteiger partial charge in [-0.15, -0.1) is 24.8 Å². The van der Waals surface area contributed by atoms with E-state index in [1.807, 2.05) is 0 Å². The summed E-state index contributed by atoms with van der Waals surface area (Å²) in [5.41, 5.74) is 6.77. The Hall–Kier alpha value is -0.820. The average molecular weight is 393 g/mol. The number of hydrogen-bond acceptors (Lipinski definition) is 4. The van der Waals surface area contributed by atoms with E-state index >= 15 is 0 Å². The quantitative estimate of drug-likeness (QED) is 0.823. The van der Waals surface area contributed by atoms with Crippen LogP contribution in [0, 0.1) is 0 Å². The van der Waals surface area contributed by atoms with Crippen molar-refractivity contribution in [2.75, 3.05) is 6.54 Å². The van der Waals surface area contributed by atoms with Crippen LogP contribution < -0.4 is 11.1 Å². The summed E-state index contributed by atoms with van der Waals surface area (Å²) in [6.45, 7) is 7.79. The Kier molecular flexibility index (Phi) is 7.74. The number of ether oxygens (including phenoxy) is 1. The molecule has 3 rings (SSSR count). The maximum absolute atomic E-state index is 12.3. The monoisotopic (exact) mass is 392 g/mol. The van der Waals surface area contributed by atoms with E-state index in [2.05, 4.69) is 36.9 Å². The van der Waals surface area contributed by atoms with Gasteiger partial charge in [-0.05, 0) is 19.3 Å². The average Bonchev–Trinajstić information content (AvgIpc) is 3.12. The number of aryl methyl sites for hydroxylation is 1. The fraction of sp³-hybridized carbons (Fsp3) is 0.765. The first kappa shape index (κ1) is 22.2. The number of carbonyl (C=O) groups is 1. The molecular weight excluding hydrogens is 363 g/mol. The van der Waals surface area contributed by atoms with Gasteiger partial charge in [0.1, 0.15) is 11.9 Å². The minimum absolute atomic E-state index is 0. The van der Waals surface area contributed by atoms with Gasteiger partial charge in [0.15, 0.2) is 0 Å². The van der Waals surface area contributed by atoms with Gasteiger partial charge in [0, 0.05) is 37.2 Å². The predicted molar refractivity (Wildman–Crippen MR) is 103 cm³/mol. The minimum Gasteiger partial charge on any atom is -0.364 e. The lowest BCUT2D eigenvalue weighted by Gasteiger charge is -2.26. The lowest BCUT2D eigenvalue weighted by atomic mass is 9.93. The van der Waals surface area contributed by atoms with Crippen LogP contribution in [0.2, 0.25) is 0 Å². The van der Waals surface area contributed by atoms with E-state index in [1.165, 1.54) is 0 Å². The second-order valence-corrected chi connectivity index (χ2v) is 7.75.